The van der Waals surface area contributed by atoms with Gasteiger partial charge in [0.25, 0.3) is 0 Å². The van der Waals surface area contributed by atoms with E-state index in [-0.39, 0.29) is 12.1 Å². The SMILES string of the molecule is CCCNCCC[Si](O)(O)O[Si](O)(O)CCCNCCN. The van der Waals surface area contributed by atoms with Gasteiger partial charge in [0.15, 0.2) is 0 Å². The summed E-state index contributed by atoms with van der Waals surface area (Å²) < 4.78 is 4.86. The Morgan fingerprint density at radius 2 is 1.33 bits per heavy atom. The summed E-state index contributed by atoms with van der Waals surface area (Å²) in [6, 6.07) is 0.0968. The van der Waals surface area contributed by atoms with Crippen molar-refractivity contribution in [3.05, 3.63) is 0 Å². The third-order valence-corrected chi connectivity index (χ3v) is 7.41. The zero-order valence-electron chi connectivity index (χ0n) is 12.8. The molecule has 0 saturated heterocycles. The molecule has 0 unspecified atom stereocenters. The highest BCUT2D eigenvalue weighted by atomic mass is 28.5. The average molecular weight is 342 g/mol. The van der Waals surface area contributed by atoms with Crippen LogP contribution in [0.1, 0.15) is 26.2 Å². The molecule has 0 spiro atoms. The van der Waals surface area contributed by atoms with E-state index in [1.807, 2.05) is 6.92 Å². The summed E-state index contributed by atoms with van der Waals surface area (Å²) in [6.07, 6.45) is 2.03. The highest BCUT2D eigenvalue weighted by molar-refractivity contribution is 6.72. The van der Waals surface area contributed by atoms with Gasteiger partial charge in [-0.25, -0.2) is 0 Å². The van der Waals surface area contributed by atoms with Crippen molar-refractivity contribution in [1.29, 1.82) is 0 Å². The smallest absolute Gasteiger partial charge is 0.390 e. The van der Waals surface area contributed by atoms with E-state index in [0.717, 1.165) is 13.0 Å². The molecular weight excluding hydrogens is 310 g/mol. The number of hydrogen-bond acceptors (Lipinski definition) is 8. The van der Waals surface area contributed by atoms with Crippen LogP contribution in [0.4, 0.5) is 0 Å². The fourth-order valence-corrected chi connectivity index (χ4v) is 5.97. The first-order valence-electron chi connectivity index (χ1n) is 7.54. The van der Waals surface area contributed by atoms with Gasteiger partial charge in [-0.1, -0.05) is 6.92 Å². The van der Waals surface area contributed by atoms with Crippen LogP contribution in [-0.4, -0.2) is 69.5 Å². The molecular formula is C11H31N3O5Si2. The molecule has 0 heterocycles. The molecule has 0 radical (unpaired) electrons. The molecule has 0 aromatic rings. The van der Waals surface area contributed by atoms with Gasteiger partial charge in [-0.2, -0.15) is 0 Å². The molecule has 0 aromatic carbocycles. The van der Waals surface area contributed by atoms with Crippen LogP contribution in [0.2, 0.25) is 12.1 Å². The Labute approximate surface area is 129 Å². The van der Waals surface area contributed by atoms with Crippen molar-refractivity contribution in [1.82, 2.24) is 10.6 Å². The third-order valence-electron chi connectivity index (χ3n) is 2.79. The average Bonchev–Trinajstić information content (AvgIpc) is 2.36. The van der Waals surface area contributed by atoms with Crippen LogP contribution < -0.4 is 16.4 Å². The van der Waals surface area contributed by atoms with Gasteiger partial charge in [-0.3, -0.25) is 0 Å². The monoisotopic (exact) mass is 341 g/mol. The van der Waals surface area contributed by atoms with Crippen molar-refractivity contribution < 1.29 is 23.3 Å². The van der Waals surface area contributed by atoms with Gasteiger partial charge < -0.3 is 39.7 Å². The lowest BCUT2D eigenvalue weighted by Crippen LogP contribution is -2.53. The summed E-state index contributed by atoms with van der Waals surface area (Å²) in [7, 11) is -8.00. The summed E-state index contributed by atoms with van der Waals surface area (Å²) in [5.41, 5.74) is 5.31. The second kappa shape index (κ2) is 11.7. The standard InChI is InChI=1S/C11H31N3O5Si2/c1-2-6-13-7-3-10-20(15,16)19-21(17,18)11-4-8-14-9-5-12/h13-18H,2-12H2,1H3. The predicted molar refractivity (Wildman–Crippen MR) is 85.4 cm³/mol. The van der Waals surface area contributed by atoms with Crippen molar-refractivity contribution in [3.63, 3.8) is 0 Å². The molecule has 0 aliphatic heterocycles. The van der Waals surface area contributed by atoms with Crippen LogP contribution >= 0.6 is 0 Å². The topological polar surface area (TPSA) is 140 Å². The fraction of sp³-hybridized carbons (Fsp3) is 1.00. The Bertz CT molecular complexity index is 236. The van der Waals surface area contributed by atoms with Gasteiger partial charge in [0, 0.05) is 25.2 Å². The minimum absolute atomic E-state index is 0.0362. The zero-order valence-corrected chi connectivity index (χ0v) is 14.8. The lowest BCUT2D eigenvalue weighted by molar-refractivity contribution is 0.153. The lowest BCUT2D eigenvalue weighted by atomic mass is 10.4. The third kappa shape index (κ3) is 13.5. The van der Waals surface area contributed by atoms with Gasteiger partial charge in [-0.05, 0) is 38.9 Å². The van der Waals surface area contributed by atoms with E-state index in [2.05, 4.69) is 10.6 Å². The van der Waals surface area contributed by atoms with Gasteiger partial charge in [-0.15, -0.1) is 0 Å². The van der Waals surface area contributed by atoms with Crippen LogP contribution in [-0.2, 0) is 4.12 Å². The maximum absolute atomic E-state index is 9.77. The first kappa shape index (κ1) is 21.1. The van der Waals surface area contributed by atoms with Crippen molar-refractivity contribution in [2.45, 2.75) is 38.3 Å². The maximum atomic E-state index is 9.77. The second-order valence-electron chi connectivity index (χ2n) is 5.08. The molecule has 0 fully saturated rings. The molecule has 8 N–H and O–H groups in total. The van der Waals surface area contributed by atoms with Gasteiger partial charge in [0.2, 0.25) is 0 Å². The quantitative estimate of drug-likeness (QED) is 0.145. The van der Waals surface area contributed by atoms with Gasteiger partial charge in [0.1, 0.15) is 0 Å². The first-order chi connectivity index (χ1) is 9.83. The van der Waals surface area contributed by atoms with E-state index >= 15 is 0 Å². The molecule has 21 heavy (non-hydrogen) atoms. The first-order valence-corrected chi connectivity index (χ1v) is 11.6. The van der Waals surface area contributed by atoms with Crippen LogP contribution in [0.5, 0.6) is 0 Å². The highest BCUT2D eigenvalue weighted by Gasteiger charge is 2.44. The molecule has 0 atom stereocenters. The second-order valence-corrected chi connectivity index (χ2v) is 9.87. The molecule has 0 bridgehead atoms. The van der Waals surface area contributed by atoms with E-state index in [9.17, 15) is 19.2 Å². The largest absolute Gasteiger partial charge is 0.488 e. The van der Waals surface area contributed by atoms with E-state index in [1.54, 1.807) is 0 Å². The van der Waals surface area contributed by atoms with E-state index in [1.165, 1.54) is 0 Å². The Hall–Kier alpha value is 0.114. The Balaban J connectivity index is 3.87. The number of rotatable bonds is 14. The summed E-state index contributed by atoms with van der Waals surface area (Å²) in [5.74, 6) is 0. The van der Waals surface area contributed by atoms with Gasteiger partial charge >= 0.3 is 17.6 Å². The van der Waals surface area contributed by atoms with Crippen molar-refractivity contribution >= 4 is 17.6 Å². The van der Waals surface area contributed by atoms with Crippen molar-refractivity contribution in [3.8, 4) is 0 Å². The Morgan fingerprint density at radius 1 is 0.857 bits per heavy atom. The highest BCUT2D eigenvalue weighted by Crippen LogP contribution is 2.15. The summed E-state index contributed by atoms with van der Waals surface area (Å²) >= 11 is 0. The van der Waals surface area contributed by atoms with Crippen LogP contribution in [0.25, 0.3) is 0 Å². The molecule has 0 aliphatic rings. The van der Waals surface area contributed by atoms with Crippen molar-refractivity contribution in [2.24, 2.45) is 5.73 Å². The van der Waals surface area contributed by atoms with Crippen molar-refractivity contribution in [2.75, 3.05) is 32.7 Å². The number of nitrogens with one attached hydrogen (secondary N) is 2. The maximum Gasteiger partial charge on any atom is 0.488 e. The van der Waals surface area contributed by atoms with E-state index in [4.69, 9.17) is 9.85 Å². The molecule has 0 rings (SSSR count). The fourth-order valence-electron chi connectivity index (χ4n) is 1.78. The number of nitrogens with two attached hydrogens (primary N) is 1. The number of hydrogen-bond donors (Lipinski definition) is 7. The molecule has 0 aliphatic carbocycles. The molecule has 128 valence electrons. The van der Waals surface area contributed by atoms with E-state index < -0.39 is 17.6 Å². The predicted octanol–water partition coefficient (Wildman–Crippen LogP) is -1.82. The summed E-state index contributed by atoms with van der Waals surface area (Å²) in [4.78, 5) is 39.1. The van der Waals surface area contributed by atoms with Gasteiger partial charge in [0.05, 0.1) is 0 Å². The Morgan fingerprint density at radius 3 is 1.76 bits per heavy atom. The molecule has 0 aromatic heterocycles. The molecule has 10 heteroatoms. The van der Waals surface area contributed by atoms with Crippen LogP contribution in [0.3, 0.4) is 0 Å². The molecule has 0 saturated carbocycles. The Kier molecular flexibility index (Phi) is 11.7. The van der Waals surface area contributed by atoms with E-state index in [0.29, 0.717) is 39.0 Å². The summed E-state index contributed by atoms with van der Waals surface area (Å²) in [5, 5.41) is 6.16. The minimum atomic E-state index is -4.00. The van der Waals surface area contributed by atoms with Crippen LogP contribution in [0.15, 0.2) is 0 Å². The lowest BCUT2D eigenvalue weighted by Gasteiger charge is -2.25. The van der Waals surface area contributed by atoms with Crippen LogP contribution in [0, 0.1) is 0 Å². The molecule has 0 amide bonds. The zero-order chi connectivity index (χ0) is 16.2. The minimum Gasteiger partial charge on any atom is -0.390 e. The molecule has 8 nitrogen and oxygen atoms in total. The normalized spacial score (nSPS) is 12.9. The summed E-state index contributed by atoms with van der Waals surface area (Å²) in [6.45, 7) is 5.35.